The van der Waals surface area contributed by atoms with Crippen LogP contribution >= 0.6 is 23.2 Å². The largest absolute Gasteiger partial charge is 0.484 e. The lowest BCUT2D eigenvalue weighted by molar-refractivity contribution is 0.0941. The molecule has 2 aromatic carbocycles. The molecule has 1 aliphatic carbocycles. The molecule has 0 spiro atoms. The summed E-state index contributed by atoms with van der Waals surface area (Å²) < 4.78 is 8.75. The molecule has 2 heterocycles. The number of ether oxygens (including phenoxy) is 1. The molecule has 5 rings (SSSR count). The second-order valence-electron chi connectivity index (χ2n) is 8.52. The number of aryl methyl sites for hydroxylation is 2. The van der Waals surface area contributed by atoms with Crippen LogP contribution in [0.3, 0.4) is 0 Å². The highest BCUT2D eigenvalue weighted by Crippen LogP contribution is 2.43. The fourth-order valence-corrected chi connectivity index (χ4v) is 5.59. The van der Waals surface area contributed by atoms with Gasteiger partial charge in [0.2, 0.25) is 0 Å². The highest BCUT2D eigenvalue weighted by Gasteiger charge is 2.40. The fourth-order valence-electron chi connectivity index (χ4n) is 5.00. The second kappa shape index (κ2) is 8.50. The molecule has 0 unspecified atom stereocenters. The van der Waals surface area contributed by atoms with E-state index in [1.807, 2.05) is 19.1 Å². The molecule has 0 bridgehead atoms. The molecule has 1 saturated heterocycles. The topological polar surface area (TPSA) is 30.3 Å². The Morgan fingerprint density at radius 2 is 1.84 bits per heavy atom. The molecular formula is C25H27Cl2N3O. The van der Waals surface area contributed by atoms with Crippen molar-refractivity contribution in [2.75, 3.05) is 13.1 Å². The van der Waals surface area contributed by atoms with Crippen LogP contribution in [0.4, 0.5) is 0 Å². The number of nitrogens with zero attached hydrogens (tertiary/aromatic N) is 3. The van der Waals surface area contributed by atoms with E-state index in [-0.39, 0.29) is 12.1 Å². The van der Waals surface area contributed by atoms with Crippen molar-refractivity contribution in [3.05, 3.63) is 75.3 Å². The predicted octanol–water partition coefficient (Wildman–Crippen LogP) is 6.19. The molecule has 3 aromatic rings. The first-order valence-corrected chi connectivity index (χ1v) is 11.8. The number of aromatic nitrogens is 2. The summed E-state index contributed by atoms with van der Waals surface area (Å²) >= 11 is 12.9. The third kappa shape index (κ3) is 3.97. The van der Waals surface area contributed by atoms with Crippen molar-refractivity contribution in [2.24, 2.45) is 0 Å². The van der Waals surface area contributed by atoms with Gasteiger partial charge in [-0.3, -0.25) is 4.90 Å². The summed E-state index contributed by atoms with van der Waals surface area (Å²) in [4.78, 5) is 7.15. The summed E-state index contributed by atoms with van der Waals surface area (Å²) in [5.74, 6) is 1.92. The minimum atomic E-state index is -0.0724. The summed E-state index contributed by atoms with van der Waals surface area (Å²) in [6, 6.07) is 12.5. The second-order valence-corrected chi connectivity index (χ2v) is 9.37. The normalized spacial score (nSPS) is 20.9. The van der Waals surface area contributed by atoms with Crippen LogP contribution < -0.4 is 4.74 Å². The Morgan fingerprint density at radius 1 is 1.10 bits per heavy atom. The van der Waals surface area contributed by atoms with E-state index in [0.29, 0.717) is 5.02 Å². The lowest BCUT2D eigenvalue weighted by atomic mass is 10.1. The first-order chi connectivity index (χ1) is 15.0. The van der Waals surface area contributed by atoms with Crippen LogP contribution in [0, 0.1) is 6.92 Å². The van der Waals surface area contributed by atoms with Gasteiger partial charge in [0.1, 0.15) is 17.7 Å². The van der Waals surface area contributed by atoms with E-state index in [1.165, 1.54) is 18.4 Å². The molecule has 0 N–H and O–H groups in total. The van der Waals surface area contributed by atoms with Crippen molar-refractivity contribution in [3.63, 3.8) is 0 Å². The van der Waals surface area contributed by atoms with Crippen molar-refractivity contribution < 1.29 is 4.74 Å². The molecule has 31 heavy (non-hydrogen) atoms. The number of rotatable bonds is 5. The average Bonchev–Trinajstić information content (AvgIpc) is 3.48. The third-order valence-electron chi connectivity index (χ3n) is 6.47. The van der Waals surface area contributed by atoms with Gasteiger partial charge in [-0.1, -0.05) is 30.1 Å². The Labute approximate surface area is 193 Å². The van der Waals surface area contributed by atoms with Crippen LogP contribution in [0.25, 0.3) is 5.69 Å². The standard InChI is InChI=1S/C25H27Cl2N3O/c1-3-24-28-16(2)15-30(24)18-6-8-19(9-7-18)31-25-21-12-17(26)13-22(27)20(21)14-23(25)29-10-4-5-11-29/h6-9,12-13,15,23,25H,3-5,10-11,14H2,1-2H3/t23-,25-/m0/s1. The van der Waals surface area contributed by atoms with Gasteiger partial charge in [0.25, 0.3) is 0 Å². The summed E-state index contributed by atoms with van der Waals surface area (Å²) in [5.41, 5.74) is 4.42. The monoisotopic (exact) mass is 455 g/mol. The number of halogens is 2. The molecule has 0 amide bonds. The van der Waals surface area contributed by atoms with Gasteiger partial charge in [-0.2, -0.15) is 0 Å². The van der Waals surface area contributed by atoms with Crippen LogP contribution in [0.5, 0.6) is 5.75 Å². The Morgan fingerprint density at radius 3 is 2.55 bits per heavy atom. The highest BCUT2D eigenvalue weighted by atomic mass is 35.5. The fraction of sp³-hybridized carbons (Fsp3) is 0.400. The SMILES string of the molecule is CCc1nc(C)cn1-c1ccc(O[C@H]2c3cc(Cl)cc(Cl)c3C[C@@H]2N2CCCC2)cc1. The van der Waals surface area contributed by atoms with Crippen molar-refractivity contribution in [1.29, 1.82) is 0 Å². The van der Waals surface area contributed by atoms with E-state index in [9.17, 15) is 0 Å². The van der Waals surface area contributed by atoms with Crippen molar-refractivity contribution in [3.8, 4) is 11.4 Å². The number of hydrogen-bond donors (Lipinski definition) is 0. The molecule has 0 saturated carbocycles. The van der Waals surface area contributed by atoms with Gasteiger partial charge >= 0.3 is 0 Å². The van der Waals surface area contributed by atoms with Gasteiger partial charge in [-0.15, -0.1) is 0 Å². The molecule has 0 radical (unpaired) electrons. The quantitative estimate of drug-likeness (QED) is 0.459. The lowest BCUT2D eigenvalue weighted by Crippen LogP contribution is -2.38. The van der Waals surface area contributed by atoms with Crippen LogP contribution in [0.2, 0.25) is 10.0 Å². The van der Waals surface area contributed by atoms with Gasteiger partial charge in [0.05, 0.1) is 11.7 Å². The van der Waals surface area contributed by atoms with Crippen LogP contribution in [0.15, 0.2) is 42.6 Å². The smallest absolute Gasteiger partial charge is 0.140 e. The van der Waals surface area contributed by atoms with Crippen LogP contribution in [-0.4, -0.2) is 33.6 Å². The minimum absolute atomic E-state index is 0.0724. The van der Waals surface area contributed by atoms with E-state index in [4.69, 9.17) is 27.9 Å². The first-order valence-electron chi connectivity index (χ1n) is 11.1. The maximum Gasteiger partial charge on any atom is 0.140 e. The van der Waals surface area contributed by atoms with Gasteiger partial charge in [-0.05, 0) is 81.2 Å². The molecule has 1 fully saturated rings. The van der Waals surface area contributed by atoms with E-state index in [0.717, 1.165) is 59.5 Å². The van der Waals surface area contributed by atoms with Gasteiger partial charge in [-0.25, -0.2) is 4.98 Å². The maximum atomic E-state index is 6.61. The first kappa shape index (κ1) is 20.9. The summed E-state index contributed by atoms with van der Waals surface area (Å²) in [6.45, 7) is 6.38. The van der Waals surface area contributed by atoms with E-state index in [2.05, 4.69) is 51.8 Å². The summed E-state index contributed by atoms with van der Waals surface area (Å²) in [7, 11) is 0. The Bertz CT molecular complexity index is 1090. The van der Waals surface area contributed by atoms with E-state index >= 15 is 0 Å². The zero-order valence-electron chi connectivity index (χ0n) is 17.9. The van der Waals surface area contributed by atoms with Gasteiger partial charge < -0.3 is 9.30 Å². The van der Waals surface area contributed by atoms with Crippen molar-refractivity contribution in [1.82, 2.24) is 14.5 Å². The van der Waals surface area contributed by atoms with Crippen LogP contribution in [-0.2, 0) is 12.8 Å². The Hall–Kier alpha value is -2.01. The Balaban J connectivity index is 1.44. The van der Waals surface area contributed by atoms with Gasteiger partial charge in [0.15, 0.2) is 0 Å². The molecule has 2 atom stereocenters. The third-order valence-corrected chi connectivity index (χ3v) is 7.02. The van der Waals surface area contributed by atoms with Gasteiger partial charge in [0, 0.05) is 33.9 Å². The lowest BCUT2D eigenvalue weighted by Gasteiger charge is -2.30. The predicted molar refractivity (Wildman–Crippen MR) is 126 cm³/mol. The molecular weight excluding hydrogens is 429 g/mol. The van der Waals surface area contributed by atoms with E-state index < -0.39 is 0 Å². The minimum Gasteiger partial charge on any atom is -0.484 e. The molecule has 6 heteroatoms. The van der Waals surface area contributed by atoms with Crippen molar-refractivity contribution in [2.45, 2.75) is 51.7 Å². The zero-order chi connectivity index (χ0) is 21.5. The number of likely N-dealkylation sites (tertiary alicyclic amines) is 1. The number of benzene rings is 2. The Kier molecular flexibility index (Phi) is 5.72. The number of imidazole rings is 1. The average molecular weight is 456 g/mol. The van der Waals surface area contributed by atoms with E-state index in [1.54, 1.807) is 0 Å². The molecule has 1 aliphatic heterocycles. The van der Waals surface area contributed by atoms with Crippen molar-refractivity contribution >= 4 is 23.2 Å². The summed E-state index contributed by atoms with van der Waals surface area (Å²) in [5, 5.41) is 1.41. The molecule has 4 nitrogen and oxygen atoms in total. The maximum absolute atomic E-state index is 6.61. The molecule has 2 aliphatic rings. The summed E-state index contributed by atoms with van der Waals surface area (Å²) in [6.07, 6.45) is 6.29. The van der Waals surface area contributed by atoms with Crippen LogP contribution in [0.1, 0.15) is 48.5 Å². The number of fused-ring (bicyclic) bond motifs is 1. The molecule has 1 aromatic heterocycles. The highest BCUT2D eigenvalue weighted by molar-refractivity contribution is 6.35. The zero-order valence-corrected chi connectivity index (χ0v) is 19.5. The molecule has 162 valence electrons. The number of hydrogen-bond acceptors (Lipinski definition) is 3.